The zero-order chi connectivity index (χ0) is 20.1. The average Bonchev–Trinajstić information content (AvgIpc) is 2.68. The van der Waals surface area contributed by atoms with Crippen LogP contribution in [0.25, 0.3) is 0 Å². The topological polar surface area (TPSA) is 59.1 Å². The maximum atomic E-state index is 12.5. The number of nitrogens with zero attached hydrogens (tertiary/aromatic N) is 2. The van der Waals surface area contributed by atoms with Crippen LogP contribution in [0.5, 0.6) is 11.5 Å². The van der Waals surface area contributed by atoms with E-state index in [1.54, 1.807) is 23.8 Å². The molecule has 1 unspecified atom stereocenters. The number of para-hydroxylation sites is 2. The third-order valence-corrected chi connectivity index (χ3v) is 4.73. The Balaban J connectivity index is 1.51. The van der Waals surface area contributed by atoms with Gasteiger partial charge in [-0.3, -0.25) is 9.59 Å². The molecule has 1 aliphatic heterocycles. The molecule has 0 saturated carbocycles. The molecule has 148 valence electrons. The second-order valence-corrected chi connectivity index (χ2v) is 6.95. The van der Waals surface area contributed by atoms with Gasteiger partial charge in [-0.05, 0) is 43.7 Å². The largest absolute Gasteiger partial charge is 0.492 e. The van der Waals surface area contributed by atoms with Crippen LogP contribution in [0.4, 0.5) is 5.69 Å². The van der Waals surface area contributed by atoms with E-state index in [1.807, 2.05) is 55.5 Å². The molecule has 28 heavy (non-hydrogen) atoms. The van der Waals surface area contributed by atoms with Gasteiger partial charge in [-0.15, -0.1) is 0 Å². The van der Waals surface area contributed by atoms with Crippen LogP contribution < -0.4 is 14.4 Å². The number of hydrogen-bond donors (Lipinski definition) is 0. The predicted octanol–water partition coefficient (Wildman–Crippen LogP) is 3.04. The van der Waals surface area contributed by atoms with Crippen LogP contribution in [0.3, 0.4) is 0 Å². The van der Waals surface area contributed by atoms with E-state index in [0.717, 1.165) is 11.3 Å². The Bertz CT molecular complexity index is 852. The van der Waals surface area contributed by atoms with Crippen molar-refractivity contribution in [1.82, 2.24) is 4.90 Å². The first-order valence-corrected chi connectivity index (χ1v) is 9.46. The van der Waals surface area contributed by atoms with Crippen LogP contribution in [0.2, 0.25) is 0 Å². The molecule has 0 fully saturated rings. The first kappa shape index (κ1) is 19.7. The lowest BCUT2D eigenvalue weighted by Gasteiger charge is -2.33. The lowest BCUT2D eigenvalue weighted by Crippen LogP contribution is -2.46. The van der Waals surface area contributed by atoms with Gasteiger partial charge < -0.3 is 19.3 Å². The van der Waals surface area contributed by atoms with Gasteiger partial charge in [0.1, 0.15) is 18.1 Å². The van der Waals surface area contributed by atoms with Gasteiger partial charge in [-0.2, -0.15) is 0 Å². The summed E-state index contributed by atoms with van der Waals surface area (Å²) >= 11 is 0. The summed E-state index contributed by atoms with van der Waals surface area (Å²) in [5, 5.41) is 0. The highest BCUT2D eigenvalue weighted by atomic mass is 16.5. The number of carbonyl (C=O) groups is 2. The van der Waals surface area contributed by atoms with Gasteiger partial charge in [-0.1, -0.05) is 24.3 Å². The highest BCUT2D eigenvalue weighted by Gasteiger charge is 2.31. The Hall–Kier alpha value is -3.02. The Morgan fingerprint density at radius 3 is 2.79 bits per heavy atom. The summed E-state index contributed by atoms with van der Waals surface area (Å²) in [5.74, 6) is 1.31. The normalized spacial score (nSPS) is 15.6. The number of rotatable bonds is 7. The molecule has 6 nitrogen and oxygen atoms in total. The zero-order valence-electron chi connectivity index (χ0n) is 16.6. The Labute approximate surface area is 165 Å². The van der Waals surface area contributed by atoms with Gasteiger partial charge in [-0.25, -0.2) is 0 Å². The molecule has 1 atom stereocenters. The predicted molar refractivity (Wildman–Crippen MR) is 108 cm³/mol. The van der Waals surface area contributed by atoms with Crippen molar-refractivity contribution in [2.24, 2.45) is 0 Å². The SMILES string of the molecule is Cc1cccc(OCCN(C)C(=O)CCN2C(=O)C(C)Oc3ccccc32)c1. The maximum Gasteiger partial charge on any atom is 0.267 e. The zero-order valence-corrected chi connectivity index (χ0v) is 16.6. The second kappa shape index (κ2) is 8.78. The molecule has 2 aromatic carbocycles. The van der Waals surface area contributed by atoms with Gasteiger partial charge in [0.15, 0.2) is 6.10 Å². The number of carbonyl (C=O) groups excluding carboxylic acids is 2. The van der Waals surface area contributed by atoms with Crippen molar-refractivity contribution < 1.29 is 19.1 Å². The van der Waals surface area contributed by atoms with Crippen molar-refractivity contribution >= 4 is 17.5 Å². The molecule has 0 radical (unpaired) electrons. The lowest BCUT2D eigenvalue weighted by atomic mass is 10.1. The minimum absolute atomic E-state index is 0.0303. The van der Waals surface area contributed by atoms with Crippen LogP contribution in [0.15, 0.2) is 48.5 Å². The molecule has 0 spiro atoms. The van der Waals surface area contributed by atoms with E-state index < -0.39 is 6.10 Å². The molecule has 1 aliphatic rings. The highest BCUT2D eigenvalue weighted by molar-refractivity contribution is 6.00. The first-order valence-electron chi connectivity index (χ1n) is 9.46. The van der Waals surface area contributed by atoms with Crippen LogP contribution in [0, 0.1) is 6.92 Å². The van der Waals surface area contributed by atoms with E-state index in [2.05, 4.69) is 0 Å². The molecule has 2 aromatic rings. The van der Waals surface area contributed by atoms with E-state index in [9.17, 15) is 9.59 Å². The molecule has 6 heteroatoms. The van der Waals surface area contributed by atoms with Crippen molar-refractivity contribution in [3.63, 3.8) is 0 Å². The Morgan fingerprint density at radius 1 is 1.21 bits per heavy atom. The Morgan fingerprint density at radius 2 is 2.00 bits per heavy atom. The molecular formula is C22H26N2O4. The molecule has 0 aromatic heterocycles. The Kier molecular flexibility index (Phi) is 6.19. The summed E-state index contributed by atoms with van der Waals surface area (Å²) in [6, 6.07) is 15.2. The number of anilines is 1. The van der Waals surface area contributed by atoms with E-state index in [4.69, 9.17) is 9.47 Å². The van der Waals surface area contributed by atoms with E-state index >= 15 is 0 Å². The van der Waals surface area contributed by atoms with E-state index in [0.29, 0.717) is 31.1 Å². The van der Waals surface area contributed by atoms with Crippen LogP contribution in [-0.2, 0) is 9.59 Å². The monoisotopic (exact) mass is 382 g/mol. The number of hydrogen-bond acceptors (Lipinski definition) is 4. The van der Waals surface area contributed by atoms with Crippen molar-refractivity contribution in [2.75, 3.05) is 31.6 Å². The molecular weight excluding hydrogens is 356 g/mol. The standard InChI is InChI=1S/C22H26N2O4/c1-16-7-6-8-18(15-16)27-14-13-23(3)21(25)11-12-24-19-9-4-5-10-20(19)28-17(2)22(24)26/h4-10,15,17H,11-14H2,1-3H3. The van der Waals surface area contributed by atoms with Gasteiger partial charge in [0.2, 0.25) is 5.91 Å². The molecule has 0 N–H and O–H groups in total. The fourth-order valence-corrected chi connectivity index (χ4v) is 3.12. The van der Waals surface area contributed by atoms with Crippen molar-refractivity contribution in [3.8, 4) is 11.5 Å². The quantitative estimate of drug-likeness (QED) is 0.739. The van der Waals surface area contributed by atoms with Crippen molar-refractivity contribution in [3.05, 3.63) is 54.1 Å². The third kappa shape index (κ3) is 4.63. The van der Waals surface area contributed by atoms with Crippen molar-refractivity contribution in [2.45, 2.75) is 26.4 Å². The number of likely N-dealkylation sites (N-methyl/N-ethyl adjacent to an activating group) is 1. The molecule has 1 heterocycles. The molecule has 3 rings (SSSR count). The summed E-state index contributed by atoms with van der Waals surface area (Å²) in [6.07, 6.45) is -0.307. The minimum atomic E-state index is -0.550. The number of amides is 2. The number of aryl methyl sites for hydroxylation is 1. The summed E-state index contributed by atoms with van der Waals surface area (Å²) in [5.41, 5.74) is 1.84. The smallest absolute Gasteiger partial charge is 0.267 e. The summed E-state index contributed by atoms with van der Waals surface area (Å²) in [4.78, 5) is 28.2. The van der Waals surface area contributed by atoms with Crippen LogP contribution in [-0.4, -0.2) is 49.6 Å². The van der Waals surface area contributed by atoms with Crippen LogP contribution in [0.1, 0.15) is 18.9 Å². The maximum absolute atomic E-state index is 12.5. The van der Waals surface area contributed by atoms with Crippen molar-refractivity contribution in [1.29, 1.82) is 0 Å². The second-order valence-electron chi connectivity index (χ2n) is 6.95. The fraction of sp³-hybridized carbons (Fsp3) is 0.364. The van der Waals surface area contributed by atoms with E-state index in [1.165, 1.54) is 0 Å². The summed E-state index contributed by atoms with van der Waals surface area (Å²) in [6.45, 7) is 4.96. The molecule has 0 saturated heterocycles. The number of fused-ring (bicyclic) bond motifs is 1. The summed E-state index contributed by atoms with van der Waals surface area (Å²) < 4.78 is 11.3. The number of benzene rings is 2. The van der Waals surface area contributed by atoms with Crippen LogP contribution >= 0.6 is 0 Å². The van der Waals surface area contributed by atoms with Gasteiger partial charge >= 0.3 is 0 Å². The van der Waals surface area contributed by atoms with Gasteiger partial charge in [0, 0.05) is 20.0 Å². The first-order chi connectivity index (χ1) is 13.5. The van der Waals surface area contributed by atoms with Gasteiger partial charge in [0.05, 0.1) is 12.2 Å². The lowest BCUT2D eigenvalue weighted by molar-refractivity contribution is -0.130. The third-order valence-electron chi connectivity index (χ3n) is 4.73. The minimum Gasteiger partial charge on any atom is -0.492 e. The molecule has 0 aliphatic carbocycles. The van der Waals surface area contributed by atoms with Gasteiger partial charge in [0.25, 0.3) is 5.91 Å². The average molecular weight is 382 g/mol. The summed E-state index contributed by atoms with van der Waals surface area (Å²) in [7, 11) is 1.75. The molecule has 2 amide bonds. The fourth-order valence-electron chi connectivity index (χ4n) is 3.12. The molecule has 0 bridgehead atoms. The number of ether oxygens (including phenoxy) is 2. The van der Waals surface area contributed by atoms with E-state index in [-0.39, 0.29) is 18.2 Å². The highest BCUT2D eigenvalue weighted by Crippen LogP contribution is 2.33.